The Balaban J connectivity index is 2.08. The molecule has 1 saturated carbocycles. The molecule has 1 amide bonds. The van der Waals surface area contributed by atoms with Crippen LogP contribution in [0.5, 0.6) is 0 Å². The summed E-state index contributed by atoms with van der Waals surface area (Å²) < 4.78 is 0. The van der Waals surface area contributed by atoms with Gasteiger partial charge in [0.15, 0.2) is 5.13 Å². The van der Waals surface area contributed by atoms with E-state index < -0.39 is 0 Å². The van der Waals surface area contributed by atoms with Crippen LogP contribution in [-0.4, -0.2) is 31.0 Å². The molecule has 18 heavy (non-hydrogen) atoms. The highest BCUT2D eigenvalue weighted by atomic mass is 32.1. The monoisotopic (exact) mass is 268 g/mol. The minimum atomic E-state index is -0.0862. The maximum absolute atomic E-state index is 12.2. The summed E-state index contributed by atoms with van der Waals surface area (Å²) in [5.74, 6) is 0.792. The largest absolute Gasteiger partial charge is 0.382 e. The lowest BCUT2D eigenvalue weighted by Crippen LogP contribution is -2.36. The van der Waals surface area contributed by atoms with Gasteiger partial charge in [-0.05, 0) is 18.8 Å². The summed E-state index contributed by atoms with van der Waals surface area (Å²) in [4.78, 5) is 18.7. The lowest BCUT2D eigenvalue weighted by Gasteiger charge is -2.16. The van der Waals surface area contributed by atoms with Gasteiger partial charge >= 0.3 is 0 Å². The molecule has 1 fully saturated rings. The molecule has 1 aromatic heterocycles. The van der Waals surface area contributed by atoms with E-state index in [0.717, 1.165) is 11.6 Å². The number of nitrogens with two attached hydrogens (primary N) is 1. The molecule has 0 aliphatic heterocycles. The minimum Gasteiger partial charge on any atom is -0.382 e. The highest BCUT2D eigenvalue weighted by Crippen LogP contribution is 2.29. The van der Waals surface area contributed by atoms with Crippen LogP contribution in [0.1, 0.15) is 35.9 Å². The molecule has 1 aliphatic rings. The molecule has 2 rings (SSSR count). The second kappa shape index (κ2) is 5.14. The number of nitrogens with one attached hydrogen (secondary N) is 1. The number of aromatic nitrogens is 1. The molecule has 1 aliphatic carbocycles. The first kappa shape index (κ1) is 13.1. The van der Waals surface area contributed by atoms with Crippen LogP contribution in [0.4, 0.5) is 10.9 Å². The van der Waals surface area contributed by atoms with Gasteiger partial charge in [0.2, 0.25) is 0 Å². The van der Waals surface area contributed by atoms with Gasteiger partial charge in [-0.2, -0.15) is 0 Å². The fraction of sp³-hybridized carbons (Fsp3) is 0.667. The van der Waals surface area contributed by atoms with Gasteiger partial charge in [-0.3, -0.25) is 4.79 Å². The highest BCUT2D eigenvalue weighted by Gasteiger charge is 2.27. The van der Waals surface area contributed by atoms with Crippen molar-refractivity contribution in [3.8, 4) is 0 Å². The average molecular weight is 268 g/mol. The molecule has 2 atom stereocenters. The average Bonchev–Trinajstić information content (AvgIpc) is 2.86. The molecule has 0 spiro atoms. The Morgan fingerprint density at radius 3 is 2.72 bits per heavy atom. The van der Waals surface area contributed by atoms with Crippen molar-refractivity contribution < 1.29 is 4.79 Å². The Hall–Kier alpha value is -1.30. The Bertz CT molecular complexity index is 443. The third-order valence-electron chi connectivity index (χ3n) is 3.41. The summed E-state index contributed by atoms with van der Waals surface area (Å²) in [6, 6.07) is 0.279. The summed E-state index contributed by atoms with van der Waals surface area (Å²) in [6.07, 6.45) is 3.44. The number of thiazole rings is 1. The van der Waals surface area contributed by atoms with Crippen molar-refractivity contribution in [3.05, 3.63) is 4.88 Å². The fourth-order valence-electron chi connectivity index (χ4n) is 2.27. The highest BCUT2D eigenvalue weighted by molar-refractivity contribution is 7.18. The lowest BCUT2D eigenvalue weighted by atomic mass is 10.1. The number of hydrogen-bond donors (Lipinski definition) is 2. The van der Waals surface area contributed by atoms with Crippen molar-refractivity contribution in [1.82, 2.24) is 10.3 Å². The first-order chi connectivity index (χ1) is 8.49. The lowest BCUT2D eigenvalue weighted by molar-refractivity contribution is 0.0934. The summed E-state index contributed by atoms with van der Waals surface area (Å²) in [5.41, 5.74) is 5.80. The zero-order valence-electron chi connectivity index (χ0n) is 11.1. The van der Waals surface area contributed by atoms with Gasteiger partial charge in [-0.25, -0.2) is 4.98 Å². The molecular weight excluding hydrogens is 248 g/mol. The zero-order valence-corrected chi connectivity index (χ0v) is 11.9. The van der Waals surface area contributed by atoms with Crippen molar-refractivity contribution >= 4 is 28.2 Å². The van der Waals surface area contributed by atoms with Gasteiger partial charge in [0.05, 0.1) is 0 Å². The molecule has 0 saturated heterocycles. The SMILES string of the molecule is CC1CCCC1NC(=O)c1sc(N(C)C)nc1N. The number of hydrogen-bond acceptors (Lipinski definition) is 5. The molecule has 6 heteroatoms. The number of rotatable bonds is 3. The van der Waals surface area contributed by atoms with E-state index >= 15 is 0 Å². The predicted octanol–water partition coefficient (Wildman–Crippen LogP) is 1.71. The van der Waals surface area contributed by atoms with Crippen LogP contribution < -0.4 is 16.0 Å². The topological polar surface area (TPSA) is 71.2 Å². The summed E-state index contributed by atoms with van der Waals surface area (Å²) in [5, 5.41) is 3.83. The van der Waals surface area contributed by atoms with Crippen LogP contribution in [0, 0.1) is 5.92 Å². The smallest absolute Gasteiger partial charge is 0.265 e. The summed E-state index contributed by atoms with van der Waals surface area (Å²) >= 11 is 1.34. The maximum atomic E-state index is 12.2. The molecule has 1 heterocycles. The molecule has 5 nitrogen and oxygen atoms in total. The van der Waals surface area contributed by atoms with Crippen LogP contribution in [0.15, 0.2) is 0 Å². The summed E-state index contributed by atoms with van der Waals surface area (Å²) in [6.45, 7) is 2.18. The normalized spacial score (nSPS) is 23.1. The number of carbonyl (C=O) groups excluding carboxylic acids is 1. The molecular formula is C12H20N4OS. The van der Waals surface area contributed by atoms with Gasteiger partial charge in [-0.15, -0.1) is 0 Å². The predicted molar refractivity (Wildman–Crippen MR) is 75.1 cm³/mol. The van der Waals surface area contributed by atoms with E-state index in [2.05, 4.69) is 17.2 Å². The Kier molecular flexibility index (Phi) is 3.75. The Morgan fingerprint density at radius 2 is 2.22 bits per heavy atom. The molecule has 0 radical (unpaired) electrons. The van der Waals surface area contributed by atoms with Crippen molar-refractivity contribution in [3.63, 3.8) is 0 Å². The van der Waals surface area contributed by atoms with Gasteiger partial charge in [-0.1, -0.05) is 24.7 Å². The Morgan fingerprint density at radius 1 is 1.50 bits per heavy atom. The number of amides is 1. The van der Waals surface area contributed by atoms with E-state index in [1.165, 1.54) is 24.2 Å². The van der Waals surface area contributed by atoms with Gasteiger partial charge in [0, 0.05) is 20.1 Å². The van der Waals surface area contributed by atoms with Crippen LogP contribution in [0.25, 0.3) is 0 Å². The first-order valence-electron chi connectivity index (χ1n) is 6.23. The first-order valence-corrected chi connectivity index (χ1v) is 7.05. The van der Waals surface area contributed by atoms with E-state index in [4.69, 9.17) is 5.73 Å². The van der Waals surface area contributed by atoms with E-state index in [0.29, 0.717) is 16.6 Å². The van der Waals surface area contributed by atoms with E-state index in [9.17, 15) is 4.79 Å². The fourth-order valence-corrected chi connectivity index (χ4v) is 3.08. The number of carbonyl (C=O) groups is 1. The molecule has 3 N–H and O–H groups in total. The van der Waals surface area contributed by atoms with Crippen LogP contribution in [0.2, 0.25) is 0 Å². The molecule has 0 bridgehead atoms. The van der Waals surface area contributed by atoms with Gasteiger partial charge < -0.3 is 16.0 Å². The van der Waals surface area contributed by atoms with E-state index in [1.54, 1.807) is 0 Å². The third-order valence-corrected chi connectivity index (χ3v) is 4.65. The standard InChI is InChI=1S/C12H20N4OS/c1-7-5-4-6-8(7)14-11(17)9-10(13)15-12(18-9)16(2)3/h7-8H,4-6,13H2,1-3H3,(H,14,17). The molecule has 2 unspecified atom stereocenters. The second-order valence-electron chi connectivity index (χ2n) is 5.09. The number of anilines is 2. The second-order valence-corrected chi connectivity index (χ2v) is 6.07. The molecule has 1 aromatic rings. The van der Waals surface area contributed by atoms with Crippen LogP contribution in [0.3, 0.4) is 0 Å². The number of nitrogen functional groups attached to an aromatic ring is 1. The van der Waals surface area contributed by atoms with Crippen molar-refractivity contribution in [2.24, 2.45) is 5.92 Å². The zero-order chi connectivity index (χ0) is 13.3. The van der Waals surface area contributed by atoms with Crippen LogP contribution in [-0.2, 0) is 0 Å². The maximum Gasteiger partial charge on any atom is 0.265 e. The molecule has 0 aromatic carbocycles. The van der Waals surface area contributed by atoms with Crippen molar-refractivity contribution in [2.45, 2.75) is 32.2 Å². The Labute approximate surface area is 111 Å². The quantitative estimate of drug-likeness (QED) is 0.875. The van der Waals surface area contributed by atoms with Gasteiger partial charge in [0.1, 0.15) is 10.7 Å². The minimum absolute atomic E-state index is 0.0862. The molecule has 100 valence electrons. The van der Waals surface area contributed by atoms with E-state index in [-0.39, 0.29) is 11.9 Å². The van der Waals surface area contributed by atoms with Crippen molar-refractivity contribution in [2.75, 3.05) is 24.7 Å². The van der Waals surface area contributed by atoms with E-state index in [1.807, 2.05) is 19.0 Å². The van der Waals surface area contributed by atoms with Crippen molar-refractivity contribution in [1.29, 1.82) is 0 Å². The third kappa shape index (κ3) is 2.58. The number of nitrogens with zero attached hydrogens (tertiary/aromatic N) is 2. The van der Waals surface area contributed by atoms with Crippen LogP contribution >= 0.6 is 11.3 Å². The van der Waals surface area contributed by atoms with Gasteiger partial charge in [0.25, 0.3) is 5.91 Å². The summed E-state index contributed by atoms with van der Waals surface area (Å²) in [7, 11) is 3.78.